The van der Waals surface area contributed by atoms with Crippen molar-refractivity contribution < 1.29 is 0 Å². The minimum atomic E-state index is 0.277. The van der Waals surface area contributed by atoms with Gasteiger partial charge in [0.25, 0.3) is 0 Å². The monoisotopic (exact) mass is 308 g/mol. The lowest BCUT2D eigenvalue weighted by Crippen LogP contribution is -2.17. The van der Waals surface area contributed by atoms with Crippen molar-refractivity contribution in [1.29, 1.82) is 0 Å². The smallest absolute Gasteiger partial charge is 0.144 e. The molecule has 1 aromatic rings. The number of hydrogen-bond donors (Lipinski definition) is 1. The molecule has 0 radical (unpaired) electrons. The number of nitrogens with zero attached hydrogens (tertiary/aromatic N) is 1. The average molecular weight is 310 g/mol. The van der Waals surface area contributed by atoms with Crippen LogP contribution in [0.25, 0.3) is 0 Å². The molecule has 0 saturated heterocycles. The minimum Gasteiger partial charge on any atom is -0.368 e. The summed E-state index contributed by atoms with van der Waals surface area (Å²) in [6.45, 7) is 0.852. The number of anilines is 1. The van der Waals surface area contributed by atoms with Crippen molar-refractivity contribution in [2.75, 3.05) is 17.7 Å². The fourth-order valence-corrected chi connectivity index (χ4v) is 2.41. The van der Waals surface area contributed by atoms with E-state index in [0.717, 1.165) is 16.8 Å². The third-order valence-corrected chi connectivity index (χ3v) is 3.97. The number of pyridine rings is 1. The van der Waals surface area contributed by atoms with Crippen molar-refractivity contribution in [2.45, 2.75) is 12.8 Å². The van der Waals surface area contributed by atoms with Crippen LogP contribution in [-0.4, -0.2) is 17.4 Å². The van der Waals surface area contributed by atoms with E-state index in [-0.39, 0.29) is 5.41 Å². The van der Waals surface area contributed by atoms with Crippen molar-refractivity contribution in [1.82, 2.24) is 4.98 Å². The number of halogens is 3. The normalized spacial score (nSPS) is 17.5. The van der Waals surface area contributed by atoms with Crippen LogP contribution in [0.1, 0.15) is 12.8 Å². The van der Waals surface area contributed by atoms with Gasteiger partial charge in [0, 0.05) is 28.5 Å². The summed E-state index contributed by atoms with van der Waals surface area (Å²) in [4.78, 5) is 4.21. The molecule has 0 spiro atoms. The summed E-state index contributed by atoms with van der Waals surface area (Å²) in [5, 5.41) is 3.88. The predicted octanol–water partition coefficient (Wildman–Crippen LogP) is 3.93. The standard InChI is InChI=1S/C10H11BrCl2N2/c11-7-3-8(13)9(14-4-7)15-6-10(5-12)1-2-10/h3-4H,1-2,5-6H2,(H,14,15). The van der Waals surface area contributed by atoms with Crippen LogP contribution >= 0.6 is 39.1 Å². The van der Waals surface area contributed by atoms with Gasteiger partial charge < -0.3 is 5.32 Å². The van der Waals surface area contributed by atoms with Gasteiger partial charge in [0.2, 0.25) is 0 Å². The lowest BCUT2D eigenvalue weighted by atomic mass is 10.1. The van der Waals surface area contributed by atoms with Crippen LogP contribution in [0.15, 0.2) is 16.7 Å². The molecular formula is C10H11BrCl2N2. The van der Waals surface area contributed by atoms with Crippen molar-refractivity contribution in [3.8, 4) is 0 Å². The second kappa shape index (κ2) is 4.48. The van der Waals surface area contributed by atoms with E-state index in [4.69, 9.17) is 23.2 Å². The highest BCUT2D eigenvalue weighted by molar-refractivity contribution is 9.10. The molecule has 0 amide bonds. The van der Waals surface area contributed by atoms with Crippen LogP contribution in [0.2, 0.25) is 5.02 Å². The van der Waals surface area contributed by atoms with Gasteiger partial charge in [-0.1, -0.05) is 11.6 Å². The van der Waals surface area contributed by atoms with Crippen LogP contribution < -0.4 is 5.32 Å². The first-order chi connectivity index (χ1) is 7.15. The molecule has 0 unspecified atom stereocenters. The van der Waals surface area contributed by atoms with Gasteiger partial charge in [-0.25, -0.2) is 4.98 Å². The molecule has 0 aromatic carbocycles. The summed E-state index contributed by atoms with van der Waals surface area (Å²) in [6, 6.07) is 1.83. The molecule has 15 heavy (non-hydrogen) atoms. The van der Waals surface area contributed by atoms with Gasteiger partial charge in [-0.2, -0.15) is 0 Å². The van der Waals surface area contributed by atoms with Crippen molar-refractivity contribution in [3.05, 3.63) is 21.8 Å². The predicted molar refractivity (Wildman–Crippen MR) is 67.8 cm³/mol. The Morgan fingerprint density at radius 1 is 1.53 bits per heavy atom. The molecule has 1 aliphatic carbocycles. The van der Waals surface area contributed by atoms with Gasteiger partial charge in [0.15, 0.2) is 0 Å². The van der Waals surface area contributed by atoms with Crippen molar-refractivity contribution >= 4 is 44.9 Å². The highest BCUT2D eigenvalue weighted by Crippen LogP contribution is 2.46. The molecule has 5 heteroatoms. The Morgan fingerprint density at radius 2 is 2.27 bits per heavy atom. The highest BCUT2D eigenvalue weighted by atomic mass is 79.9. The quantitative estimate of drug-likeness (QED) is 0.852. The van der Waals surface area contributed by atoms with E-state index in [0.29, 0.717) is 10.9 Å². The van der Waals surface area contributed by atoms with Crippen LogP contribution in [0, 0.1) is 5.41 Å². The molecule has 0 aliphatic heterocycles. The van der Waals surface area contributed by atoms with E-state index in [1.165, 1.54) is 12.8 Å². The van der Waals surface area contributed by atoms with Gasteiger partial charge in [-0.15, -0.1) is 11.6 Å². The molecule has 0 bridgehead atoms. The van der Waals surface area contributed by atoms with E-state index in [1.54, 1.807) is 6.20 Å². The van der Waals surface area contributed by atoms with Gasteiger partial charge in [0.1, 0.15) is 5.82 Å². The van der Waals surface area contributed by atoms with Crippen LogP contribution in [0.4, 0.5) is 5.82 Å². The van der Waals surface area contributed by atoms with E-state index in [2.05, 4.69) is 26.2 Å². The molecule has 2 nitrogen and oxygen atoms in total. The Kier molecular flexibility index (Phi) is 3.43. The summed E-state index contributed by atoms with van der Waals surface area (Å²) in [6.07, 6.45) is 4.11. The maximum Gasteiger partial charge on any atom is 0.144 e. The zero-order chi connectivity index (χ0) is 10.9. The third kappa shape index (κ3) is 2.77. The Morgan fingerprint density at radius 3 is 2.80 bits per heavy atom. The van der Waals surface area contributed by atoms with Gasteiger partial charge in [0.05, 0.1) is 5.02 Å². The molecule has 1 fully saturated rings. The van der Waals surface area contributed by atoms with Gasteiger partial charge >= 0.3 is 0 Å². The Labute approximate surface area is 107 Å². The van der Waals surface area contributed by atoms with E-state index < -0.39 is 0 Å². The lowest BCUT2D eigenvalue weighted by Gasteiger charge is -2.13. The van der Waals surface area contributed by atoms with E-state index >= 15 is 0 Å². The molecule has 1 N–H and O–H groups in total. The summed E-state index contributed by atoms with van der Waals surface area (Å²) in [5.41, 5.74) is 0.277. The molecular weight excluding hydrogens is 299 g/mol. The zero-order valence-electron chi connectivity index (χ0n) is 8.06. The van der Waals surface area contributed by atoms with Gasteiger partial charge in [-0.05, 0) is 34.8 Å². The molecule has 1 aliphatic rings. The minimum absolute atomic E-state index is 0.277. The second-order valence-corrected chi connectivity index (χ2v) is 5.56. The summed E-state index contributed by atoms with van der Waals surface area (Å²) in [7, 11) is 0. The summed E-state index contributed by atoms with van der Waals surface area (Å²) < 4.78 is 0.886. The Hall–Kier alpha value is 0.01000. The Balaban J connectivity index is 1.99. The first-order valence-electron chi connectivity index (χ1n) is 4.76. The molecule has 82 valence electrons. The Bertz CT molecular complexity index is 366. The zero-order valence-corrected chi connectivity index (χ0v) is 11.2. The molecule has 1 aromatic heterocycles. The average Bonchev–Trinajstić information content (AvgIpc) is 2.97. The molecule has 1 heterocycles. The molecule has 0 atom stereocenters. The maximum absolute atomic E-state index is 6.03. The van der Waals surface area contributed by atoms with Crippen LogP contribution in [0.3, 0.4) is 0 Å². The SMILES string of the molecule is ClCC1(CNc2ncc(Br)cc2Cl)CC1. The second-order valence-electron chi connectivity index (χ2n) is 3.97. The molecule has 2 rings (SSSR count). The number of alkyl halides is 1. The number of rotatable bonds is 4. The number of hydrogen-bond acceptors (Lipinski definition) is 2. The molecule has 1 saturated carbocycles. The third-order valence-electron chi connectivity index (χ3n) is 2.68. The van der Waals surface area contributed by atoms with Crippen LogP contribution in [-0.2, 0) is 0 Å². The van der Waals surface area contributed by atoms with E-state index in [9.17, 15) is 0 Å². The van der Waals surface area contributed by atoms with Gasteiger partial charge in [-0.3, -0.25) is 0 Å². The maximum atomic E-state index is 6.03. The van der Waals surface area contributed by atoms with Crippen LogP contribution in [0.5, 0.6) is 0 Å². The van der Waals surface area contributed by atoms with Crippen molar-refractivity contribution in [3.63, 3.8) is 0 Å². The summed E-state index contributed by atoms with van der Waals surface area (Å²) >= 11 is 15.2. The highest BCUT2D eigenvalue weighted by Gasteiger charge is 2.41. The fourth-order valence-electron chi connectivity index (χ4n) is 1.35. The lowest BCUT2D eigenvalue weighted by molar-refractivity contribution is 0.617. The first kappa shape index (κ1) is 11.5. The van der Waals surface area contributed by atoms with Crippen molar-refractivity contribution in [2.24, 2.45) is 5.41 Å². The number of aromatic nitrogens is 1. The first-order valence-corrected chi connectivity index (χ1v) is 6.47. The largest absolute Gasteiger partial charge is 0.368 e. The fraction of sp³-hybridized carbons (Fsp3) is 0.500. The van der Waals surface area contributed by atoms with E-state index in [1.807, 2.05) is 6.07 Å². The topological polar surface area (TPSA) is 24.9 Å². The number of nitrogens with one attached hydrogen (secondary N) is 1. The summed E-state index contributed by atoms with van der Waals surface area (Å²) in [5.74, 6) is 1.44.